The third kappa shape index (κ3) is 3.92. The fraction of sp³-hybridized carbons (Fsp3) is 0.538. The van der Waals surface area contributed by atoms with Crippen LogP contribution in [0.15, 0.2) is 23.1 Å². The highest BCUT2D eigenvalue weighted by atomic mass is 32.2. The maximum absolute atomic E-state index is 12.7. The molecule has 0 radical (unpaired) electrons. The van der Waals surface area contributed by atoms with Crippen molar-refractivity contribution in [3.05, 3.63) is 28.3 Å². The number of benzene rings is 1. The predicted octanol–water partition coefficient (Wildman–Crippen LogP) is 2.45. The Bertz CT molecular complexity index is 595. The van der Waals surface area contributed by atoms with Gasteiger partial charge in [-0.05, 0) is 18.9 Å². The van der Waals surface area contributed by atoms with Gasteiger partial charge in [0.05, 0.1) is 10.6 Å². The first-order chi connectivity index (χ1) is 9.88. The molecule has 1 aromatic carbocycles. The van der Waals surface area contributed by atoms with Gasteiger partial charge in [-0.15, -0.1) is 0 Å². The van der Waals surface area contributed by atoms with Gasteiger partial charge in [0.15, 0.2) is 0 Å². The van der Waals surface area contributed by atoms with E-state index in [1.54, 1.807) is 7.05 Å². The zero-order valence-corrected chi connectivity index (χ0v) is 13.3. The number of sulfonamides is 1. The summed E-state index contributed by atoms with van der Waals surface area (Å²) >= 11 is 0. The lowest BCUT2D eigenvalue weighted by Crippen LogP contribution is -2.33. The molecule has 8 heteroatoms. The topological polar surface area (TPSA) is 92.5 Å². The van der Waals surface area contributed by atoms with E-state index in [0.29, 0.717) is 25.9 Å². The second-order valence-electron chi connectivity index (χ2n) is 4.59. The molecule has 0 heterocycles. The number of hydrogen-bond acceptors (Lipinski definition) is 5. The van der Waals surface area contributed by atoms with Gasteiger partial charge in [-0.3, -0.25) is 10.1 Å². The minimum Gasteiger partial charge on any atom is -0.387 e. The van der Waals surface area contributed by atoms with Crippen LogP contribution in [0.1, 0.15) is 26.7 Å². The Morgan fingerprint density at radius 2 is 1.81 bits per heavy atom. The summed E-state index contributed by atoms with van der Waals surface area (Å²) in [7, 11) is -2.12. The Kier molecular flexibility index (Phi) is 6.10. The first kappa shape index (κ1) is 17.4. The largest absolute Gasteiger partial charge is 0.387 e. The molecule has 1 aromatic rings. The molecule has 0 aliphatic carbocycles. The van der Waals surface area contributed by atoms with Crippen molar-refractivity contribution in [2.45, 2.75) is 31.6 Å². The van der Waals surface area contributed by atoms with Gasteiger partial charge >= 0.3 is 0 Å². The Balaban J connectivity index is 3.32. The molecular formula is C13H21N3O4S. The van der Waals surface area contributed by atoms with Crippen LogP contribution < -0.4 is 5.32 Å². The van der Waals surface area contributed by atoms with Gasteiger partial charge in [0.2, 0.25) is 10.0 Å². The van der Waals surface area contributed by atoms with Crippen LogP contribution in [0.3, 0.4) is 0 Å². The number of nitrogens with zero attached hydrogens (tertiary/aromatic N) is 2. The van der Waals surface area contributed by atoms with E-state index < -0.39 is 14.9 Å². The van der Waals surface area contributed by atoms with Gasteiger partial charge in [-0.2, -0.15) is 4.31 Å². The number of nitrogens with one attached hydrogen (secondary N) is 1. The Morgan fingerprint density at radius 1 is 1.24 bits per heavy atom. The lowest BCUT2D eigenvalue weighted by molar-refractivity contribution is -0.384. The average Bonchev–Trinajstić information content (AvgIpc) is 2.46. The fourth-order valence-corrected chi connectivity index (χ4v) is 3.84. The number of anilines is 1. The molecule has 0 fully saturated rings. The van der Waals surface area contributed by atoms with Crippen LogP contribution in [0, 0.1) is 10.1 Å². The molecule has 0 aliphatic heterocycles. The molecule has 0 saturated heterocycles. The maximum atomic E-state index is 12.7. The van der Waals surface area contributed by atoms with Gasteiger partial charge in [-0.25, -0.2) is 8.42 Å². The van der Waals surface area contributed by atoms with Crippen LogP contribution in [-0.4, -0.2) is 37.8 Å². The summed E-state index contributed by atoms with van der Waals surface area (Å²) in [6, 6.07) is 3.74. The van der Waals surface area contributed by atoms with Gasteiger partial charge in [0, 0.05) is 32.3 Å². The molecule has 0 amide bonds. The Labute approximate surface area is 125 Å². The highest BCUT2D eigenvalue weighted by molar-refractivity contribution is 7.89. The van der Waals surface area contributed by atoms with Gasteiger partial charge in [0.1, 0.15) is 4.90 Å². The zero-order valence-electron chi connectivity index (χ0n) is 12.5. The first-order valence-electron chi connectivity index (χ1n) is 6.84. The summed E-state index contributed by atoms with van der Waals surface area (Å²) < 4.78 is 26.8. The highest BCUT2D eigenvalue weighted by Gasteiger charge is 2.27. The van der Waals surface area contributed by atoms with E-state index in [4.69, 9.17) is 0 Å². The van der Waals surface area contributed by atoms with Crippen LogP contribution in [0.4, 0.5) is 11.4 Å². The summed E-state index contributed by atoms with van der Waals surface area (Å²) in [5.41, 5.74) is 0.0947. The van der Waals surface area contributed by atoms with Crippen molar-refractivity contribution in [3.8, 4) is 0 Å². The van der Waals surface area contributed by atoms with Crippen molar-refractivity contribution >= 4 is 21.4 Å². The molecule has 0 spiro atoms. The molecular weight excluding hydrogens is 294 g/mol. The second-order valence-corrected chi connectivity index (χ2v) is 6.50. The van der Waals surface area contributed by atoms with E-state index in [2.05, 4.69) is 5.32 Å². The van der Waals surface area contributed by atoms with Crippen LogP contribution in [0.5, 0.6) is 0 Å². The molecule has 0 atom stereocenters. The molecule has 0 aliphatic rings. The number of hydrogen-bond donors (Lipinski definition) is 1. The van der Waals surface area contributed by atoms with Crippen molar-refractivity contribution in [1.82, 2.24) is 4.31 Å². The molecule has 1 rings (SSSR count). The zero-order chi connectivity index (χ0) is 16.0. The normalized spacial score (nSPS) is 11.6. The van der Waals surface area contributed by atoms with E-state index >= 15 is 0 Å². The summed E-state index contributed by atoms with van der Waals surface area (Å²) in [5, 5.41) is 13.5. The number of nitro benzene ring substituents is 1. The van der Waals surface area contributed by atoms with E-state index in [0.717, 1.165) is 0 Å². The van der Waals surface area contributed by atoms with Crippen LogP contribution >= 0.6 is 0 Å². The van der Waals surface area contributed by atoms with Crippen molar-refractivity contribution in [2.75, 3.05) is 25.5 Å². The van der Waals surface area contributed by atoms with E-state index in [-0.39, 0.29) is 16.3 Å². The fourth-order valence-electron chi connectivity index (χ4n) is 2.04. The average molecular weight is 315 g/mol. The van der Waals surface area contributed by atoms with E-state index in [9.17, 15) is 18.5 Å². The molecule has 1 N–H and O–H groups in total. The summed E-state index contributed by atoms with van der Waals surface area (Å²) in [4.78, 5) is 10.3. The summed E-state index contributed by atoms with van der Waals surface area (Å²) in [6.45, 7) is 4.67. The smallest absolute Gasteiger partial charge is 0.271 e. The molecule has 0 bridgehead atoms. The van der Waals surface area contributed by atoms with Crippen molar-refractivity contribution in [2.24, 2.45) is 0 Å². The van der Waals surface area contributed by atoms with Crippen molar-refractivity contribution in [1.29, 1.82) is 0 Å². The Morgan fingerprint density at radius 3 is 2.24 bits per heavy atom. The minimum absolute atomic E-state index is 0.0671. The lowest BCUT2D eigenvalue weighted by Gasteiger charge is -2.22. The van der Waals surface area contributed by atoms with Crippen LogP contribution in [0.2, 0.25) is 0 Å². The Hall–Kier alpha value is -1.67. The summed E-state index contributed by atoms with van der Waals surface area (Å²) in [5.74, 6) is 0. The molecule has 0 saturated carbocycles. The SMILES string of the molecule is CCCN(CCC)S(=O)(=O)c1ccc([N+](=O)[O-])cc1NC. The molecule has 118 valence electrons. The lowest BCUT2D eigenvalue weighted by atomic mass is 10.3. The van der Waals surface area contributed by atoms with E-state index in [1.807, 2.05) is 13.8 Å². The number of rotatable bonds is 8. The monoisotopic (exact) mass is 315 g/mol. The molecule has 0 unspecified atom stereocenters. The van der Waals surface area contributed by atoms with Gasteiger partial charge in [-0.1, -0.05) is 13.8 Å². The molecule has 0 aromatic heterocycles. The molecule has 7 nitrogen and oxygen atoms in total. The predicted molar refractivity (Wildman–Crippen MR) is 82.0 cm³/mol. The quantitative estimate of drug-likeness (QED) is 0.587. The van der Waals surface area contributed by atoms with E-state index in [1.165, 1.54) is 22.5 Å². The first-order valence-corrected chi connectivity index (χ1v) is 8.28. The van der Waals surface area contributed by atoms with Gasteiger partial charge < -0.3 is 5.32 Å². The standard InChI is InChI=1S/C13H21N3O4S/c1-4-8-15(9-5-2)21(19,20)13-7-6-11(16(17)18)10-12(13)14-3/h6-7,10,14H,4-5,8-9H2,1-3H3. The second kappa shape index (κ2) is 7.37. The summed E-state index contributed by atoms with van der Waals surface area (Å²) in [6.07, 6.45) is 1.42. The third-order valence-corrected chi connectivity index (χ3v) is 4.96. The maximum Gasteiger partial charge on any atom is 0.271 e. The number of non-ortho nitro benzene ring substituents is 1. The van der Waals surface area contributed by atoms with Crippen molar-refractivity contribution in [3.63, 3.8) is 0 Å². The highest BCUT2D eigenvalue weighted by Crippen LogP contribution is 2.28. The van der Waals surface area contributed by atoms with Crippen LogP contribution in [-0.2, 0) is 10.0 Å². The third-order valence-electron chi connectivity index (χ3n) is 3.01. The van der Waals surface area contributed by atoms with Gasteiger partial charge in [0.25, 0.3) is 5.69 Å². The van der Waals surface area contributed by atoms with Crippen LogP contribution in [0.25, 0.3) is 0 Å². The van der Waals surface area contributed by atoms with Crippen molar-refractivity contribution < 1.29 is 13.3 Å². The molecule has 21 heavy (non-hydrogen) atoms. The minimum atomic E-state index is -3.66. The number of nitro groups is 1.